The van der Waals surface area contributed by atoms with Gasteiger partial charge in [-0.25, -0.2) is 0 Å². The number of nitrogens with one attached hydrogen (secondary N) is 2. The predicted octanol–water partition coefficient (Wildman–Crippen LogP) is 1.50. The number of carbonyl (C=O) groups is 2. The van der Waals surface area contributed by atoms with Crippen LogP contribution >= 0.6 is 0 Å². The highest BCUT2D eigenvalue weighted by atomic mass is 16.2. The number of fused-ring (bicyclic) bond motifs is 1. The van der Waals surface area contributed by atoms with Crippen LogP contribution in [0.4, 0.5) is 0 Å². The molecule has 2 fully saturated rings. The molecule has 0 radical (unpaired) electrons. The van der Waals surface area contributed by atoms with Crippen LogP contribution in [0, 0.1) is 23.2 Å². The standard InChI is InChI=1S/C17H22N4O2/c1-11-2-3-12(10-22)9-21(11)17(23)14-5-4-13-8-15(13)16(14)20-19-7-6-18/h4-7,10-13,15,18,20H,2-3,8-9H2,1H3/b18-6?,19-7-/t11-,12-,13?,15?/m1/s1. The van der Waals surface area contributed by atoms with Crippen molar-refractivity contribution in [3.63, 3.8) is 0 Å². The van der Waals surface area contributed by atoms with Gasteiger partial charge in [-0.2, -0.15) is 5.10 Å². The van der Waals surface area contributed by atoms with Crippen molar-refractivity contribution in [1.29, 1.82) is 5.41 Å². The zero-order valence-electron chi connectivity index (χ0n) is 13.2. The Morgan fingerprint density at radius 1 is 1.48 bits per heavy atom. The third kappa shape index (κ3) is 3.11. The van der Waals surface area contributed by atoms with Gasteiger partial charge in [-0.05, 0) is 32.1 Å². The molecule has 0 aromatic rings. The number of aldehydes is 1. The van der Waals surface area contributed by atoms with Crippen molar-refractivity contribution < 1.29 is 9.59 Å². The van der Waals surface area contributed by atoms with Gasteiger partial charge in [0.25, 0.3) is 5.91 Å². The lowest BCUT2D eigenvalue weighted by Crippen LogP contribution is -2.47. The lowest BCUT2D eigenvalue weighted by Gasteiger charge is -2.37. The number of hydrogen-bond acceptors (Lipinski definition) is 5. The molecule has 0 aromatic heterocycles. The van der Waals surface area contributed by atoms with Gasteiger partial charge in [0.15, 0.2) is 0 Å². The van der Waals surface area contributed by atoms with Gasteiger partial charge in [-0.1, -0.05) is 12.2 Å². The van der Waals surface area contributed by atoms with E-state index in [1.54, 1.807) is 0 Å². The zero-order chi connectivity index (χ0) is 16.4. The Hall–Kier alpha value is -2.24. The number of allylic oxidation sites excluding steroid dienone is 2. The molecule has 1 heterocycles. The number of rotatable bonds is 5. The van der Waals surface area contributed by atoms with Crippen molar-refractivity contribution in [1.82, 2.24) is 10.3 Å². The Morgan fingerprint density at radius 3 is 3.04 bits per heavy atom. The predicted molar refractivity (Wildman–Crippen MR) is 88.1 cm³/mol. The smallest absolute Gasteiger partial charge is 0.255 e. The molecule has 3 aliphatic rings. The van der Waals surface area contributed by atoms with Crippen LogP contribution in [0.25, 0.3) is 0 Å². The Bertz CT molecular complexity index is 608. The molecule has 122 valence electrons. The highest BCUT2D eigenvalue weighted by Crippen LogP contribution is 2.48. The van der Waals surface area contributed by atoms with E-state index in [0.29, 0.717) is 24.0 Å². The van der Waals surface area contributed by atoms with Gasteiger partial charge < -0.3 is 15.1 Å². The average molecular weight is 314 g/mol. The van der Waals surface area contributed by atoms with Crippen molar-refractivity contribution in [2.75, 3.05) is 6.54 Å². The topological polar surface area (TPSA) is 85.6 Å². The average Bonchev–Trinajstić information content (AvgIpc) is 3.35. The van der Waals surface area contributed by atoms with E-state index >= 15 is 0 Å². The Balaban J connectivity index is 1.84. The van der Waals surface area contributed by atoms with Gasteiger partial charge in [0.2, 0.25) is 0 Å². The molecule has 3 rings (SSSR count). The van der Waals surface area contributed by atoms with Crippen LogP contribution in [0.15, 0.2) is 28.5 Å². The van der Waals surface area contributed by atoms with Gasteiger partial charge in [-0.3, -0.25) is 10.2 Å². The second-order valence-electron chi connectivity index (χ2n) is 6.53. The first-order valence-electron chi connectivity index (χ1n) is 8.12. The molecule has 6 nitrogen and oxygen atoms in total. The molecule has 1 saturated heterocycles. The molecule has 2 unspecified atom stereocenters. The Morgan fingerprint density at radius 2 is 2.30 bits per heavy atom. The van der Waals surface area contributed by atoms with Crippen molar-refractivity contribution in [2.45, 2.75) is 32.2 Å². The molecule has 1 aliphatic heterocycles. The van der Waals surface area contributed by atoms with E-state index < -0.39 is 0 Å². The van der Waals surface area contributed by atoms with Gasteiger partial charge in [0, 0.05) is 36.3 Å². The van der Waals surface area contributed by atoms with E-state index in [0.717, 1.165) is 37.5 Å². The van der Waals surface area contributed by atoms with Gasteiger partial charge in [-0.15, -0.1) is 0 Å². The van der Waals surface area contributed by atoms with Crippen molar-refractivity contribution in [2.24, 2.45) is 22.9 Å². The summed E-state index contributed by atoms with van der Waals surface area (Å²) in [7, 11) is 0. The lowest BCUT2D eigenvalue weighted by molar-refractivity contribution is -0.132. The van der Waals surface area contributed by atoms with Crippen LogP contribution in [-0.2, 0) is 9.59 Å². The fraction of sp³-hybridized carbons (Fsp3) is 0.529. The van der Waals surface area contributed by atoms with E-state index in [4.69, 9.17) is 5.41 Å². The first kappa shape index (κ1) is 15.6. The summed E-state index contributed by atoms with van der Waals surface area (Å²) in [6.45, 7) is 2.53. The molecule has 2 N–H and O–H groups in total. The lowest BCUT2D eigenvalue weighted by atomic mass is 9.93. The van der Waals surface area contributed by atoms with E-state index in [9.17, 15) is 9.59 Å². The molecule has 0 aromatic carbocycles. The van der Waals surface area contributed by atoms with Crippen LogP contribution in [-0.4, -0.2) is 42.1 Å². The fourth-order valence-corrected chi connectivity index (χ4v) is 3.43. The molecule has 0 bridgehead atoms. The number of piperidine rings is 1. The molecule has 1 amide bonds. The van der Waals surface area contributed by atoms with Crippen molar-refractivity contribution in [3.05, 3.63) is 23.4 Å². The largest absolute Gasteiger partial charge is 0.335 e. The number of hydrazone groups is 1. The monoisotopic (exact) mass is 314 g/mol. The molecular formula is C17H22N4O2. The van der Waals surface area contributed by atoms with Crippen LogP contribution in [0.3, 0.4) is 0 Å². The molecule has 0 spiro atoms. The molecule has 2 aliphatic carbocycles. The second kappa shape index (κ2) is 6.48. The highest BCUT2D eigenvalue weighted by molar-refractivity contribution is 6.14. The summed E-state index contributed by atoms with van der Waals surface area (Å²) >= 11 is 0. The van der Waals surface area contributed by atoms with Crippen molar-refractivity contribution in [3.8, 4) is 0 Å². The number of nitrogens with zero attached hydrogens (tertiary/aromatic N) is 2. The SMILES string of the molecule is C[C@@H]1CC[C@@H](C=O)CN1C(=O)C1=C(N/N=C\C=N)C2CC2C=C1. The minimum Gasteiger partial charge on any atom is -0.335 e. The van der Waals surface area contributed by atoms with Crippen LogP contribution < -0.4 is 5.43 Å². The molecule has 4 atom stereocenters. The van der Waals surface area contributed by atoms with E-state index in [1.165, 1.54) is 6.21 Å². The third-order valence-corrected chi connectivity index (χ3v) is 4.95. The molecular weight excluding hydrogens is 292 g/mol. The summed E-state index contributed by atoms with van der Waals surface area (Å²) in [5.74, 6) is 0.720. The highest BCUT2D eigenvalue weighted by Gasteiger charge is 2.44. The summed E-state index contributed by atoms with van der Waals surface area (Å²) in [6, 6.07) is 0.142. The van der Waals surface area contributed by atoms with Crippen LogP contribution in [0.2, 0.25) is 0 Å². The second-order valence-corrected chi connectivity index (χ2v) is 6.53. The van der Waals surface area contributed by atoms with E-state index in [1.807, 2.05) is 17.9 Å². The fourth-order valence-electron chi connectivity index (χ4n) is 3.43. The van der Waals surface area contributed by atoms with Gasteiger partial charge in [0.05, 0.1) is 11.8 Å². The Kier molecular flexibility index (Phi) is 4.41. The molecule has 6 heteroatoms. The van der Waals surface area contributed by atoms with E-state index in [2.05, 4.69) is 16.6 Å². The first-order chi connectivity index (χ1) is 11.2. The quantitative estimate of drug-likeness (QED) is 0.458. The van der Waals surface area contributed by atoms with Crippen molar-refractivity contribution >= 4 is 24.6 Å². The zero-order valence-corrected chi connectivity index (χ0v) is 13.2. The van der Waals surface area contributed by atoms with Crippen LogP contribution in [0.1, 0.15) is 26.2 Å². The normalized spacial score (nSPS) is 32.7. The number of carbonyl (C=O) groups excluding carboxylic acids is 2. The Labute approximate surface area is 135 Å². The van der Waals surface area contributed by atoms with E-state index in [-0.39, 0.29) is 17.9 Å². The van der Waals surface area contributed by atoms with Crippen LogP contribution in [0.5, 0.6) is 0 Å². The summed E-state index contributed by atoms with van der Waals surface area (Å²) in [5.41, 5.74) is 4.44. The minimum atomic E-state index is -0.0654. The maximum atomic E-state index is 13.0. The van der Waals surface area contributed by atoms with Gasteiger partial charge in [0.1, 0.15) is 6.29 Å². The summed E-state index contributed by atoms with van der Waals surface area (Å²) in [6.07, 6.45) is 10.1. The first-order valence-corrected chi connectivity index (χ1v) is 8.12. The summed E-state index contributed by atoms with van der Waals surface area (Å²) < 4.78 is 0. The maximum absolute atomic E-state index is 13.0. The molecule has 1 saturated carbocycles. The minimum absolute atomic E-state index is 0.0294. The molecule has 23 heavy (non-hydrogen) atoms. The third-order valence-electron chi connectivity index (χ3n) is 4.95. The summed E-state index contributed by atoms with van der Waals surface area (Å²) in [5, 5.41) is 11.0. The number of likely N-dealkylation sites (tertiary alicyclic amines) is 1. The van der Waals surface area contributed by atoms with Gasteiger partial charge >= 0.3 is 0 Å². The number of hydrogen-bond donors (Lipinski definition) is 2. The summed E-state index contributed by atoms with van der Waals surface area (Å²) in [4.78, 5) is 25.9. The maximum Gasteiger partial charge on any atom is 0.255 e. The number of amides is 1.